The Kier molecular flexibility index (Phi) is 6.29. The first-order valence-corrected chi connectivity index (χ1v) is 14.0. The standard InChI is InChI=1S/C33H29N7O/c34-19-29-35-15-11-30(38-29)40-16-12-33(13-17-40)21-39(22-33)20-23-6-8-25(9-7-23)31-26(24-4-2-1-3-5-24)18-27-28(37-31)10-14-36-32(27)41/h1-11,14-15,18H,12-13,16-17,20-22H2,(H,36,41). The van der Waals surface area contributed by atoms with Crippen molar-refractivity contribution in [1.82, 2.24) is 24.8 Å². The van der Waals surface area contributed by atoms with Crippen LogP contribution in [0.25, 0.3) is 33.3 Å². The largest absolute Gasteiger partial charge is 0.356 e. The monoisotopic (exact) mass is 539 g/mol. The molecule has 0 unspecified atom stereocenters. The summed E-state index contributed by atoms with van der Waals surface area (Å²) in [6.07, 6.45) is 5.58. The summed E-state index contributed by atoms with van der Waals surface area (Å²) in [6, 6.07) is 26.5. The first-order chi connectivity index (χ1) is 20.1. The SMILES string of the molecule is N#Cc1nccc(N2CCC3(CC2)CN(Cc2ccc(-c4nc5cc[nH]c(=O)c5cc4-c4ccccc4)cc2)C3)n1. The quantitative estimate of drug-likeness (QED) is 0.335. The zero-order valence-corrected chi connectivity index (χ0v) is 22.6. The van der Waals surface area contributed by atoms with Crippen LogP contribution in [0.3, 0.4) is 0 Å². The molecular weight excluding hydrogens is 510 g/mol. The molecule has 8 nitrogen and oxygen atoms in total. The third kappa shape index (κ3) is 4.85. The fourth-order valence-corrected chi connectivity index (χ4v) is 6.31. The van der Waals surface area contributed by atoms with Crippen molar-refractivity contribution < 1.29 is 0 Å². The fraction of sp³-hybridized carbons (Fsp3) is 0.242. The average Bonchev–Trinajstić information content (AvgIpc) is 3.01. The second kappa shape index (κ2) is 10.3. The van der Waals surface area contributed by atoms with Crippen molar-refractivity contribution in [2.45, 2.75) is 19.4 Å². The number of nitrogens with zero attached hydrogens (tertiary/aromatic N) is 6. The summed E-state index contributed by atoms with van der Waals surface area (Å²) in [5.74, 6) is 1.08. The number of aromatic amines is 1. The van der Waals surface area contributed by atoms with E-state index in [9.17, 15) is 4.79 Å². The van der Waals surface area contributed by atoms with Crippen LogP contribution in [0.2, 0.25) is 0 Å². The molecule has 2 aromatic carbocycles. The molecule has 2 saturated heterocycles. The fourth-order valence-electron chi connectivity index (χ4n) is 6.31. The smallest absolute Gasteiger partial charge is 0.257 e. The number of hydrogen-bond acceptors (Lipinski definition) is 7. The van der Waals surface area contributed by atoms with E-state index in [1.807, 2.05) is 42.5 Å². The Bertz CT molecular complexity index is 1810. The highest BCUT2D eigenvalue weighted by Crippen LogP contribution is 2.42. The van der Waals surface area contributed by atoms with E-state index in [0.717, 1.165) is 73.8 Å². The molecule has 0 bridgehead atoms. The van der Waals surface area contributed by atoms with E-state index in [1.54, 1.807) is 12.4 Å². The summed E-state index contributed by atoms with van der Waals surface area (Å²) in [6.45, 7) is 5.05. The van der Waals surface area contributed by atoms with Crippen LogP contribution in [-0.4, -0.2) is 51.0 Å². The normalized spacial score (nSPS) is 16.4. The van der Waals surface area contributed by atoms with Crippen molar-refractivity contribution in [3.05, 3.63) is 107 Å². The first-order valence-electron chi connectivity index (χ1n) is 14.0. The number of nitrogens with one attached hydrogen (secondary N) is 1. The van der Waals surface area contributed by atoms with E-state index in [2.05, 4.69) is 61.1 Å². The molecule has 7 rings (SSSR count). The lowest BCUT2D eigenvalue weighted by Crippen LogP contribution is -2.59. The van der Waals surface area contributed by atoms with Gasteiger partial charge in [-0.15, -0.1) is 0 Å². The number of likely N-dealkylation sites (tertiary alicyclic amines) is 1. The Balaban J connectivity index is 1.04. The van der Waals surface area contributed by atoms with Gasteiger partial charge in [0.05, 0.1) is 16.6 Å². The number of fused-ring (bicyclic) bond motifs is 1. The van der Waals surface area contributed by atoms with Gasteiger partial charge in [-0.3, -0.25) is 9.69 Å². The second-order valence-corrected chi connectivity index (χ2v) is 11.2. The highest BCUT2D eigenvalue weighted by atomic mass is 16.1. The van der Waals surface area contributed by atoms with Crippen molar-refractivity contribution in [3.8, 4) is 28.5 Å². The summed E-state index contributed by atoms with van der Waals surface area (Å²) in [5.41, 5.74) is 6.11. The first kappa shape index (κ1) is 25.1. The lowest BCUT2D eigenvalue weighted by molar-refractivity contribution is -0.0240. The van der Waals surface area contributed by atoms with Crippen LogP contribution in [-0.2, 0) is 6.54 Å². The molecule has 0 radical (unpaired) electrons. The molecule has 1 N–H and O–H groups in total. The number of nitriles is 1. The minimum absolute atomic E-state index is 0.130. The van der Waals surface area contributed by atoms with Gasteiger partial charge in [0.15, 0.2) is 0 Å². The van der Waals surface area contributed by atoms with Crippen LogP contribution in [0, 0.1) is 16.7 Å². The van der Waals surface area contributed by atoms with Gasteiger partial charge in [0, 0.05) is 56.2 Å². The molecule has 1 spiro atoms. The summed E-state index contributed by atoms with van der Waals surface area (Å²) >= 11 is 0. The molecular formula is C33H29N7O. The van der Waals surface area contributed by atoms with Gasteiger partial charge in [-0.05, 0) is 47.6 Å². The number of hydrogen-bond donors (Lipinski definition) is 1. The third-order valence-electron chi connectivity index (χ3n) is 8.48. The number of piperidine rings is 1. The van der Waals surface area contributed by atoms with Gasteiger partial charge in [0.25, 0.3) is 5.56 Å². The van der Waals surface area contributed by atoms with Gasteiger partial charge in [-0.25, -0.2) is 15.0 Å². The molecule has 8 heteroatoms. The topological polar surface area (TPSA) is 102 Å². The minimum atomic E-state index is -0.130. The number of anilines is 1. The van der Waals surface area contributed by atoms with E-state index in [-0.39, 0.29) is 11.4 Å². The summed E-state index contributed by atoms with van der Waals surface area (Å²) in [5, 5.41) is 9.70. The van der Waals surface area contributed by atoms with E-state index in [0.29, 0.717) is 16.3 Å². The van der Waals surface area contributed by atoms with E-state index >= 15 is 0 Å². The lowest BCUT2D eigenvalue weighted by atomic mass is 9.72. The Morgan fingerprint density at radius 3 is 2.46 bits per heavy atom. The Labute approximate surface area is 238 Å². The second-order valence-electron chi connectivity index (χ2n) is 11.2. The van der Waals surface area contributed by atoms with E-state index in [1.165, 1.54) is 5.56 Å². The predicted molar refractivity (Wildman–Crippen MR) is 159 cm³/mol. The van der Waals surface area contributed by atoms with Crippen LogP contribution in [0.4, 0.5) is 5.82 Å². The maximum absolute atomic E-state index is 12.5. The number of H-pyrrole nitrogens is 1. The van der Waals surface area contributed by atoms with Crippen LogP contribution >= 0.6 is 0 Å². The van der Waals surface area contributed by atoms with Gasteiger partial charge >= 0.3 is 0 Å². The van der Waals surface area contributed by atoms with Gasteiger partial charge in [0.1, 0.15) is 11.9 Å². The zero-order valence-electron chi connectivity index (χ0n) is 22.6. The lowest BCUT2D eigenvalue weighted by Gasteiger charge is -2.54. The Morgan fingerprint density at radius 2 is 1.71 bits per heavy atom. The maximum atomic E-state index is 12.5. The molecule has 41 heavy (non-hydrogen) atoms. The highest BCUT2D eigenvalue weighted by molar-refractivity contribution is 5.91. The summed E-state index contributed by atoms with van der Waals surface area (Å²) < 4.78 is 0. The molecule has 0 saturated carbocycles. The maximum Gasteiger partial charge on any atom is 0.257 e. The van der Waals surface area contributed by atoms with Crippen molar-refractivity contribution in [2.24, 2.45) is 5.41 Å². The van der Waals surface area contributed by atoms with Crippen LogP contribution < -0.4 is 10.5 Å². The van der Waals surface area contributed by atoms with Crippen molar-refractivity contribution >= 4 is 16.7 Å². The number of rotatable bonds is 5. The van der Waals surface area contributed by atoms with Crippen LogP contribution in [0.1, 0.15) is 24.2 Å². The molecule has 2 aliphatic rings. The van der Waals surface area contributed by atoms with Crippen molar-refractivity contribution in [1.29, 1.82) is 5.26 Å². The van der Waals surface area contributed by atoms with Crippen molar-refractivity contribution in [2.75, 3.05) is 31.1 Å². The predicted octanol–water partition coefficient (Wildman–Crippen LogP) is 5.02. The summed E-state index contributed by atoms with van der Waals surface area (Å²) in [4.78, 5) is 33.4. The molecule has 202 valence electrons. The third-order valence-corrected chi connectivity index (χ3v) is 8.48. The van der Waals surface area contributed by atoms with E-state index < -0.39 is 0 Å². The molecule has 2 aliphatic heterocycles. The molecule has 5 aromatic rings. The molecule has 2 fully saturated rings. The van der Waals surface area contributed by atoms with Crippen molar-refractivity contribution in [3.63, 3.8) is 0 Å². The molecule has 5 heterocycles. The Hall–Kier alpha value is -4.87. The number of pyridine rings is 2. The molecule has 0 amide bonds. The molecule has 0 aliphatic carbocycles. The van der Waals surface area contributed by atoms with Gasteiger partial charge in [-0.2, -0.15) is 5.26 Å². The zero-order chi connectivity index (χ0) is 27.8. The number of benzene rings is 2. The van der Waals surface area contributed by atoms with Gasteiger partial charge < -0.3 is 9.88 Å². The van der Waals surface area contributed by atoms with Crippen LogP contribution in [0.15, 0.2) is 90.0 Å². The average molecular weight is 540 g/mol. The van der Waals surface area contributed by atoms with Gasteiger partial charge in [0.2, 0.25) is 5.82 Å². The molecule has 0 atom stereocenters. The van der Waals surface area contributed by atoms with Crippen LogP contribution in [0.5, 0.6) is 0 Å². The molecule has 3 aromatic heterocycles. The highest BCUT2D eigenvalue weighted by Gasteiger charge is 2.44. The minimum Gasteiger partial charge on any atom is -0.356 e. The summed E-state index contributed by atoms with van der Waals surface area (Å²) in [7, 11) is 0. The van der Waals surface area contributed by atoms with Gasteiger partial charge in [-0.1, -0.05) is 54.6 Å². The van der Waals surface area contributed by atoms with E-state index in [4.69, 9.17) is 10.2 Å². The number of aromatic nitrogens is 4. The Morgan fingerprint density at radius 1 is 0.927 bits per heavy atom.